The summed E-state index contributed by atoms with van der Waals surface area (Å²) in [5, 5.41) is 0. The zero-order valence-corrected chi connectivity index (χ0v) is 15.3. The van der Waals surface area contributed by atoms with Gasteiger partial charge in [0.15, 0.2) is 18.3 Å². The molecule has 0 N–H and O–H groups in total. The van der Waals surface area contributed by atoms with E-state index in [1.54, 1.807) is 6.08 Å². The number of ether oxygens (including phenoxy) is 5. The summed E-state index contributed by atoms with van der Waals surface area (Å²) >= 11 is 0. The molecule has 1 fully saturated rings. The van der Waals surface area contributed by atoms with Crippen LogP contribution in [0.25, 0.3) is 0 Å². The Morgan fingerprint density at radius 2 is 1.27 bits per heavy atom. The van der Waals surface area contributed by atoms with E-state index in [-0.39, 0.29) is 13.0 Å². The highest BCUT2D eigenvalue weighted by Crippen LogP contribution is 2.30. The summed E-state index contributed by atoms with van der Waals surface area (Å²) in [5.41, 5.74) is 0. The first-order valence-electron chi connectivity index (χ1n) is 8.07. The number of hydrogen-bond donors (Lipinski definition) is 0. The molecule has 1 saturated heterocycles. The molecule has 0 unspecified atom stereocenters. The Hall–Kier alpha value is -2.42. The molecule has 26 heavy (non-hydrogen) atoms. The molecule has 1 rings (SSSR count). The number of esters is 4. The Morgan fingerprint density at radius 3 is 1.69 bits per heavy atom. The van der Waals surface area contributed by atoms with E-state index in [0.717, 1.165) is 0 Å². The number of carbonyl (C=O) groups excluding carboxylic acids is 4. The topological polar surface area (TPSA) is 114 Å². The second-order valence-electron chi connectivity index (χ2n) is 5.76. The predicted octanol–water partition coefficient (Wildman–Crippen LogP) is 0.688. The minimum Gasteiger partial charge on any atom is -0.463 e. The molecule has 0 amide bonds. The van der Waals surface area contributed by atoms with Crippen molar-refractivity contribution in [3.05, 3.63) is 12.7 Å². The summed E-state index contributed by atoms with van der Waals surface area (Å²) in [6, 6.07) is 0. The Morgan fingerprint density at radius 1 is 0.808 bits per heavy atom. The molecule has 0 aromatic carbocycles. The molecule has 5 atom stereocenters. The van der Waals surface area contributed by atoms with E-state index in [9.17, 15) is 19.2 Å². The number of hydrogen-bond acceptors (Lipinski definition) is 9. The third kappa shape index (κ3) is 6.47. The highest BCUT2D eigenvalue weighted by molar-refractivity contribution is 5.68. The normalized spacial score (nSPS) is 27.8. The molecule has 0 aliphatic carbocycles. The second kappa shape index (κ2) is 9.91. The Bertz CT molecular complexity index is 556. The quantitative estimate of drug-likeness (QED) is 0.361. The largest absolute Gasteiger partial charge is 0.463 e. The molecule has 9 heteroatoms. The second-order valence-corrected chi connectivity index (χ2v) is 5.76. The van der Waals surface area contributed by atoms with E-state index in [4.69, 9.17) is 23.7 Å². The van der Waals surface area contributed by atoms with Crippen LogP contribution in [-0.4, -0.2) is 61.0 Å². The van der Waals surface area contributed by atoms with Crippen molar-refractivity contribution in [3.8, 4) is 0 Å². The minimum absolute atomic E-state index is 0.231. The average molecular weight is 372 g/mol. The molecule has 1 heterocycles. The van der Waals surface area contributed by atoms with Gasteiger partial charge in [-0.25, -0.2) is 0 Å². The van der Waals surface area contributed by atoms with Crippen LogP contribution in [0, 0.1) is 0 Å². The van der Waals surface area contributed by atoms with E-state index in [0.29, 0.717) is 0 Å². The highest BCUT2D eigenvalue weighted by atomic mass is 16.7. The highest BCUT2D eigenvalue weighted by Gasteiger charge is 2.51. The van der Waals surface area contributed by atoms with Crippen LogP contribution in [-0.2, 0) is 42.9 Å². The molecule has 9 nitrogen and oxygen atoms in total. The van der Waals surface area contributed by atoms with Gasteiger partial charge in [0, 0.05) is 27.7 Å². The fourth-order valence-corrected chi connectivity index (χ4v) is 2.67. The van der Waals surface area contributed by atoms with Crippen LogP contribution < -0.4 is 0 Å². The first-order valence-corrected chi connectivity index (χ1v) is 8.07. The standard InChI is InChI=1S/C17H24O9/c1-6-7-13-15(23-10(3)19)17(25-12(5)21)16(24-11(4)20)14(26-13)8-22-9(2)18/h6,13-17H,1,7-8H2,2-5H3/t13-,14-,15+,16-,17-/m1/s1. The Labute approximate surface area is 151 Å². The van der Waals surface area contributed by atoms with Crippen molar-refractivity contribution < 1.29 is 42.9 Å². The fourth-order valence-electron chi connectivity index (χ4n) is 2.67. The summed E-state index contributed by atoms with van der Waals surface area (Å²) in [6.45, 7) is 8.15. The van der Waals surface area contributed by atoms with Gasteiger partial charge in [-0.2, -0.15) is 0 Å². The molecular formula is C17H24O9. The molecule has 0 saturated carbocycles. The molecule has 1 aliphatic rings. The van der Waals surface area contributed by atoms with Crippen molar-refractivity contribution in [3.63, 3.8) is 0 Å². The molecule has 0 radical (unpaired) electrons. The van der Waals surface area contributed by atoms with Crippen molar-refractivity contribution in [2.45, 2.75) is 64.6 Å². The number of carbonyl (C=O) groups is 4. The maximum Gasteiger partial charge on any atom is 0.303 e. The van der Waals surface area contributed by atoms with Gasteiger partial charge in [-0.1, -0.05) is 6.08 Å². The molecule has 146 valence electrons. The Balaban J connectivity index is 3.24. The van der Waals surface area contributed by atoms with Gasteiger partial charge in [0.1, 0.15) is 18.8 Å². The summed E-state index contributed by atoms with van der Waals surface area (Å²) in [7, 11) is 0. The zero-order valence-electron chi connectivity index (χ0n) is 15.3. The molecule has 0 spiro atoms. The summed E-state index contributed by atoms with van der Waals surface area (Å²) < 4.78 is 26.6. The van der Waals surface area contributed by atoms with E-state index in [1.165, 1.54) is 27.7 Å². The third-order valence-electron chi connectivity index (χ3n) is 3.49. The minimum atomic E-state index is -1.13. The van der Waals surface area contributed by atoms with Crippen LogP contribution in [0.3, 0.4) is 0 Å². The lowest BCUT2D eigenvalue weighted by Gasteiger charge is -2.44. The molecule has 0 aromatic rings. The molecule has 0 bridgehead atoms. The van der Waals surface area contributed by atoms with E-state index < -0.39 is 54.4 Å². The summed E-state index contributed by atoms with van der Waals surface area (Å²) in [6.07, 6.45) is -3.11. The lowest BCUT2D eigenvalue weighted by atomic mass is 9.92. The van der Waals surface area contributed by atoms with Crippen molar-refractivity contribution in [2.75, 3.05) is 6.61 Å². The summed E-state index contributed by atoms with van der Waals surface area (Å²) in [5.74, 6) is -2.49. The lowest BCUT2D eigenvalue weighted by molar-refractivity contribution is -0.251. The van der Waals surface area contributed by atoms with Crippen LogP contribution in [0.2, 0.25) is 0 Å². The van der Waals surface area contributed by atoms with Crippen LogP contribution in [0.4, 0.5) is 0 Å². The van der Waals surface area contributed by atoms with Gasteiger partial charge < -0.3 is 23.7 Å². The first-order chi connectivity index (χ1) is 12.1. The van der Waals surface area contributed by atoms with E-state index in [1.807, 2.05) is 0 Å². The first kappa shape index (κ1) is 21.6. The molecule has 1 aliphatic heterocycles. The molecule has 0 aromatic heterocycles. The van der Waals surface area contributed by atoms with Gasteiger partial charge in [0.2, 0.25) is 0 Å². The molecular weight excluding hydrogens is 348 g/mol. The van der Waals surface area contributed by atoms with E-state index >= 15 is 0 Å². The average Bonchev–Trinajstić information content (AvgIpc) is 2.50. The van der Waals surface area contributed by atoms with Crippen molar-refractivity contribution in [2.24, 2.45) is 0 Å². The fraction of sp³-hybridized carbons (Fsp3) is 0.647. The lowest BCUT2D eigenvalue weighted by Crippen LogP contribution is -2.62. The van der Waals surface area contributed by atoms with Gasteiger partial charge in [0.05, 0.1) is 0 Å². The van der Waals surface area contributed by atoms with Crippen LogP contribution in [0.5, 0.6) is 0 Å². The van der Waals surface area contributed by atoms with Gasteiger partial charge in [-0.15, -0.1) is 6.58 Å². The maximum atomic E-state index is 11.6. The third-order valence-corrected chi connectivity index (χ3v) is 3.49. The number of rotatable bonds is 7. The van der Waals surface area contributed by atoms with Crippen LogP contribution in [0.1, 0.15) is 34.1 Å². The van der Waals surface area contributed by atoms with Gasteiger partial charge in [-0.3, -0.25) is 19.2 Å². The monoisotopic (exact) mass is 372 g/mol. The van der Waals surface area contributed by atoms with Crippen molar-refractivity contribution >= 4 is 23.9 Å². The SMILES string of the molecule is C=CC[C@H]1O[C@H](COC(C)=O)[C@@H](OC(C)=O)[C@H](OC(C)=O)[C@H]1OC(C)=O. The van der Waals surface area contributed by atoms with Gasteiger partial charge in [0.25, 0.3) is 0 Å². The van der Waals surface area contributed by atoms with Crippen molar-refractivity contribution in [1.29, 1.82) is 0 Å². The zero-order chi connectivity index (χ0) is 19.9. The van der Waals surface area contributed by atoms with Gasteiger partial charge >= 0.3 is 23.9 Å². The predicted molar refractivity (Wildman–Crippen MR) is 86.8 cm³/mol. The smallest absolute Gasteiger partial charge is 0.303 e. The maximum absolute atomic E-state index is 11.6. The summed E-state index contributed by atoms with van der Waals surface area (Å²) in [4.78, 5) is 45.7. The van der Waals surface area contributed by atoms with Crippen LogP contribution >= 0.6 is 0 Å². The van der Waals surface area contributed by atoms with Crippen molar-refractivity contribution in [1.82, 2.24) is 0 Å². The Kier molecular flexibility index (Phi) is 8.24. The van der Waals surface area contributed by atoms with Crippen LogP contribution in [0.15, 0.2) is 12.7 Å². The van der Waals surface area contributed by atoms with E-state index in [2.05, 4.69) is 6.58 Å². The van der Waals surface area contributed by atoms with Gasteiger partial charge in [-0.05, 0) is 6.42 Å².